The largest absolute Gasteiger partial charge is 0.449 e. The van der Waals surface area contributed by atoms with E-state index in [0.717, 1.165) is 40.6 Å². The molecule has 0 spiro atoms. The zero-order valence-corrected chi connectivity index (χ0v) is 25.5. The SMILES string of the molecule is CCn1c2ccccc2c2cc(C=C3Oc4ccc(C)cc4OC(=Cc4ccc5c(c4)c4ccccc4n5CC)C3=O)ccc21. The van der Waals surface area contributed by atoms with Gasteiger partial charge >= 0.3 is 0 Å². The number of aryl methyl sites for hydroxylation is 3. The van der Waals surface area contributed by atoms with E-state index >= 15 is 0 Å². The van der Waals surface area contributed by atoms with Crippen LogP contribution >= 0.6 is 0 Å². The normalized spacial score (nSPS) is 15.2. The van der Waals surface area contributed by atoms with Crippen LogP contribution in [0.5, 0.6) is 11.5 Å². The Kier molecular flexibility index (Phi) is 6.35. The molecule has 3 heterocycles. The van der Waals surface area contributed by atoms with E-state index in [0.29, 0.717) is 11.5 Å². The smallest absolute Gasteiger partial charge is 0.263 e. The van der Waals surface area contributed by atoms with Gasteiger partial charge in [0.05, 0.1) is 0 Å². The Morgan fingerprint density at radius 1 is 0.556 bits per heavy atom. The van der Waals surface area contributed by atoms with Crippen molar-refractivity contribution < 1.29 is 14.3 Å². The predicted molar refractivity (Wildman–Crippen MR) is 184 cm³/mol. The van der Waals surface area contributed by atoms with Crippen molar-refractivity contribution in [3.05, 3.63) is 131 Å². The fourth-order valence-electron chi connectivity index (χ4n) is 6.73. The van der Waals surface area contributed by atoms with E-state index in [9.17, 15) is 4.79 Å². The second-order valence-electron chi connectivity index (χ2n) is 11.6. The number of hydrogen-bond donors (Lipinski definition) is 0. The standard InChI is InChI=1S/C40H32N2O3/c1-4-41-32-12-8-6-10-28(32)30-21-26(15-17-34(30)41)23-38-40(43)39(45-37-20-25(3)14-19-36(37)44-38)24-27-16-18-35-31(22-27)29-11-7-9-13-33(29)42(35)5-2/h6-24H,4-5H2,1-3H3. The van der Waals surface area contributed by atoms with Crippen LogP contribution in [0.25, 0.3) is 55.8 Å². The average Bonchev–Trinajstić information content (AvgIpc) is 3.52. The van der Waals surface area contributed by atoms with Crippen LogP contribution in [0.3, 0.4) is 0 Å². The molecule has 0 radical (unpaired) electrons. The van der Waals surface area contributed by atoms with E-state index in [1.807, 2.05) is 49.4 Å². The zero-order chi connectivity index (χ0) is 30.7. The number of aromatic nitrogens is 2. The van der Waals surface area contributed by atoms with Gasteiger partial charge in [0.2, 0.25) is 0 Å². The Morgan fingerprint density at radius 3 is 1.58 bits per heavy atom. The van der Waals surface area contributed by atoms with E-state index in [4.69, 9.17) is 9.47 Å². The van der Waals surface area contributed by atoms with E-state index in [2.05, 4.69) is 95.8 Å². The highest BCUT2D eigenvalue weighted by Crippen LogP contribution is 2.37. The number of nitrogens with zero attached hydrogens (tertiary/aromatic N) is 2. The monoisotopic (exact) mass is 588 g/mol. The van der Waals surface area contributed by atoms with Gasteiger partial charge in [0.15, 0.2) is 23.0 Å². The number of hydrogen-bond acceptors (Lipinski definition) is 3. The van der Waals surface area contributed by atoms with Gasteiger partial charge in [-0.3, -0.25) is 4.79 Å². The van der Waals surface area contributed by atoms with Crippen molar-refractivity contribution in [1.29, 1.82) is 0 Å². The molecule has 2 aromatic heterocycles. The zero-order valence-electron chi connectivity index (χ0n) is 25.5. The fraction of sp³-hybridized carbons (Fsp3) is 0.125. The minimum atomic E-state index is -0.309. The molecule has 0 saturated heterocycles. The molecule has 220 valence electrons. The summed E-state index contributed by atoms with van der Waals surface area (Å²) in [5.41, 5.74) is 7.51. The third kappa shape index (κ3) is 4.42. The Morgan fingerprint density at radius 2 is 1.04 bits per heavy atom. The number of ketones is 1. The third-order valence-electron chi connectivity index (χ3n) is 8.81. The molecule has 0 aliphatic carbocycles. The first-order chi connectivity index (χ1) is 22.0. The van der Waals surface area contributed by atoms with Crippen molar-refractivity contribution >= 4 is 61.5 Å². The first kappa shape index (κ1) is 27.0. The second-order valence-corrected chi connectivity index (χ2v) is 11.6. The lowest BCUT2D eigenvalue weighted by molar-refractivity contribution is -0.115. The van der Waals surface area contributed by atoms with Gasteiger partial charge in [-0.15, -0.1) is 0 Å². The predicted octanol–water partition coefficient (Wildman–Crippen LogP) is 9.67. The summed E-state index contributed by atoms with van der Waals surface area (Å²) in [5.74, 6) is 1.15. The highest BCUT2D eigenvalue weighted by Gasteiger charge is 2.27. The van der Waals surface area contributed by atoms with Crippen LogP contribution in [-0.2, 0) is 17.9 Å². The minimum Gasteiger partial charge on any atom is -0.449 e. The highest BCUT2D eigenvalue weighted by atomic mass is 16.5. The van der Waals surface area contributed by atoms with Crippen LogP contribution in [0, 0.1) is 6.92 Å². The summed E-state index contributed by atoms with van der Waals surface area (Å²) in [5, 5.41) is 4.66. The van der Waals surface area contributed by atoms with Crippen molar-refractivity contribution in [3.63, 3.8) is 0 Å². The molecule has 0 unspecified atom stereocenters. The van der Waals surface area contributed by atoms with Crippen molar-refractivity contribution in [3.8, 4) is 11.5 Å². The van der Waals surface area contributed by atoms with E-state index < -0.39 is 0 Å². The molecule has 0 fully saturated rings. The number of rotatable bonds is 4. The molecule has 0 atom stereocenters. The summed E-state index contributed by atoms with van der Waals surface area (Å²) in [4.78, 5) is 14.2. The van der Waals surface area contributed by atoms with Gasteiger partial charge in [0.25, 0.3) is 5.78 Å². The number of benzene rings is 5. The van der Waals surface area contributed by atoms with Crippen molar-refractivity contribution in [1.82, 2.24) is 9.13 Å². The average molecular weight is 589 g/mol. The minimum absolute atomic E-state index is 0.214. The molecule has 8 rings (SSSR count). The molecular formula is C40H32N2O3. The number of para-hydroxylation sites is 2. The Balaban J connectivity index is 1.27. The number of carbonyl (C=O) groups excluding carboxylic acids is 1. The van der Waals surface area contributed by atoms with Gasteiger partial charge in [-0.25, -0.2) is 0 Å². The topological polar surface area (TPSA) is 45.4 Å². The number of carbonyl (C=O) groups is 1. The number of ether oxygens (including phenoxy) is 2. The molecule has 45 heavy (non-hydrogen) atoms. The lowest BCUT2D eigenvalue weighted by atomic mass is 10.1. The van der Waals surface area contributed by atoms with E-state index in [1.54, 1.807) is 0 Å². The Bertz CT molecular complexity index is 2380. The van der Waals surface area contributed by atoms with Gasteiger partial charge < -0.3 is 18.6 Å². The molecule has 0 amide bonds. The first-order valence-corrected chi connectivity index (χ1v) is 15.5. The molecule has 5 aromatic carbocycles. The number of Topliss-reactive ketones (excluding diaryl/α,β-unsaturated/α-hetero) is 1. The Labute approximate surface area is 261 Å². The van der Waals surface area contributed by atoms with Gasteiger partial charge in [-0.05, 0) is 98.1 Å². The van der Waals surface area contributed by atoms with Crippen molar-refractivity contribution in [2.45, 2.75) is 33.9 Å². The molecule has 0 bridgehead atoms. The van der Waals surface area contributed by atoms with Crippen LogP contribution in [0.1, 0.15) is 30.5 Å². The summed E-state index contributed by atoms with van der Waals surface area (Å²) >= 11 is 0. The first-order valence-electron chi connectivity index (χ1n) is 15.5. The quantitative estimate of drug-likeness (QED) is 0.192. The lowest BCUT2D eigenvalue weighted by Crippen LogP contribution is -2.12. The Hall–Kier alpha value is -5.55. The van der Waals surface area contributed by atoms with Crippen LogP contribution < -0.4 is 9.47 Å². The summed E-state index contributed by atoms with van der Waals surface area (Å²) in [6.45, 7) is 8.06. The maximum absolute atomic E-state index is 14.2. The summed E-state index contributed by atoms with van der Waals surface area (Å²) in [6, 6.07) is 35.2. The van der Waals surface area contributed by atoms with E-state index in [1.165, 1.54) is 32.8 Å². The van der Waals surface area contributed by atoms with Crippen LogP contribution in [0.4, 0.5) is 0 Å². The molecular weight excluding hydrogens is 556 g/mol. The molecule has 1 aliphatic heterocycles. The highest BCUT2D eigenvalue weighted by molar-refractivity contribution is 6.13. The fourth-order valence-corrected chi connectivity index (χ4v) is 6.73. The molecule has 0 saturated carbocycles. The van der Waals surface area contributed by atoms with Gasteiger partial charge in [0.1, 0.15) is 0 Å². The van der Waals surface area contributed by atoms with Crippen LogP contribution in [-0.4, -0.2) is 14.9 Å². The van der Waals surface area contributed by atoms with Crippen molar-refractivity contribution in [2.24, 2.45) is 0 Å². The molecule has 5 heteroatoms. The molecule has 0 N–H and O–H groups in total. The maximum atomic E-state index is 14.2. The van der Waals surface area contributed by atoms with Gasteiger partial charge in [-0.1, -0.05) is 54.6 Å². The van der Waals surface area contributed by atoms with Crippen molar-refractivity contribution in [2.75, 3.05) is 0 Å². The summed E-state index contributed by atoms with van der Waals surface area (Å²) < 4.78 is 17.3. The van der Waals surface area contributed by atoms with Gasteiger partial charge in [0, 0.05) is 56.7 Å². The molecule has 1 aliphatic rings. The summed E-state index contributed by atoms with van der Waals surface area (Å²) in [6.07, 6.45) is 3.65. The number of fused-ring (bicyclic) bond motifs is 7. The molecule has 7 aromatic rings. The molecule has 5 nitrogen and oxygen atoms in total. The summed E-state index contributed by atoms with van der Waals surface area (Å²) in [7, 11) is 0. The lowest BCUT2D eigenvalue weighted by Gasteiger charge is -2.07. The van der Waals surface area contributed by atoms with E-state index in [-0.39, 0.29) is 17.3 Å². The van der Waals surface area contributed by atoms with Gasteiger partial charge in [-0.2, -0.15) is 0 Å². The van der Waals surface area contributed by atoms with Crippen LogP contribution in [0.15, 0.2) is 115 Å². The second kappa shape index (κ2) is 10.6. The maximum Gasteiger partial charge on any atom is 0.263 e. The van der Waals surface area contributed by atoms with Crippen LogP contribution in [0.2, 0.25) is 0 Å². The third-order valence-corrected chi connectivity index (χ3v) is 8.81.